The molecule has 3 aromatic carbocycles. The number of alkyl halides is 1. The maximum atomic E-state index is 14.8. The Morgan fingerprint density at radius 1 is 0.677 bits per heavy atom. The van der Waals surface area contributed by atoms with Gasteiger partial charge < -0.3 is 9.47 Å². The molecule has 0 spiro atoms. The lowest BCUT2D eigenvalue weighted by molar-refractivity contribution is 0.268. The minimum atomic E-state index is -0.373. The van der Waals surface area contributed by atoms with Gasteiger partial charge in [-0.2, -0.15) is 4.98 Å². The van der Waals surface area contributed by atoms with E-state index in [1.807, 2.05) is 60.7 Å². The SMILES string of the molecule is Fc1cc(CCl)ccc1-c1ccc(OCc2ccccc2)nc1OCc1ccccc1. The van der Waals surface area contributed by atoms with Gasteiger partial charge in [0.05, 0.1) is 0 Å². The minimum absolute atomic E-state index is 0.249. The van der Waals surface area contributed by atoms with Crippen LogP contribution >= 0.6 is 11.6 Å². The molecule has 5 heteroatoms. The van der Waals surface area contributed by atoms with Crippen LogP contribution in [0.2, 0.25) is 0 Å². The number of hydrogen-bond donors (Lipinski definition) is 0. The molecule has 0 N–H and O–H groups in total. The Labute approximate surface area is 186 Å². The average molecular weight is 434 g/mol. The van der Waals surface area contributed by atoms with Gasteiger partial charge in [-0.3, -0.25) is 0 Å². The summed E-state index contributed by atoms with van der Waals surface area (Å²) in [4.78, 5) is 4.53. The Bertz CT molecular complexity index is 1140. The summed E-state index contributed by atoms with van der Waals surface area (Å²) in [5.41, 5.74) is 3.69. The molecule has 0 saturated carbocycles. The molecule has 4 aromatic rings. The lowest BCUT2D eigenvalue weighted by Crippen LogP contribution is -2.03. The van der Waals surface area contributed by atoms with Crippen molar-refractivity contribution >= 4 is 11.6 Å². The maximum absolute atomic E-state index is 14.8. The van der Waals surface area contributed by atoms with Gasteiger partial charge in [-0.05, 0) is 28.8 Å². The first kappa shape index (κ1) is 20.9. The van der Waals surface area contributed by atoms with Crippen molar-refractivity contribution in [3.05, 3.63) is 114 Å². The molecule has 0 atom stereocenters. The molecule has 0 aliphatic rings. The number of benzene rings is 3. The smallest absolute Gasteiger partial charge is 0.225 e. The van der Waals surface area contributed by atoms with Gasteiger partial charge in [0.15, 0.2) is 0 Å². The number of rotatable bonds is 8. The molecule has 0 amide bonds. The first-order valence-corrected chi connectivity index (χ1v) is 10.5. The summed E-state index contributed by atoms with van der Waals surface area (Å²) in [5, 5.41) is 0. The standard InChI is InChI=1S/C26H21ClFNO2/c27-16-21-11-12-22(24(28)15-21)23-13-14-25(30-17-19-7-3-1-4-8-19)29-26(23)31-18-20-9-5-2-6-10-20/h1-15H,16-18H2. The molecule has 156 valence electrons. The van der Waals surface area contributed by atoms with E-state index >= 15 is 0 Å². The summed E-state index contributed by atoms with van der Waals surface area (Å²) < 4.78 is 26.6. The Morgan fingerprint density at radius 3 is 1.90 bits per heavy atom. The number of nitrogens with zero attached hydrogens (tertiary/aromatic N) is 1. The second kappa shape index (κ2) is 10.1. The fourth-order valence-corrected chi connectivity index (χ4v) is 3.30. The zero-order valence-corrected chi connectivity index (χ0v) is 17.6. The van der Waals surface area contributed by atoms with E-state index in [0.29, 0.717) is 41.7 Å². The van der Waals surface area contributed by atoms with E-state index in [2.05, 4.69) is 4.98 Å². The predicted octanol–water partition coefficient (Wildman–Crippen LogP) is 6.78. The highest BCUT2D eigenvalue weighted by Gasteiger charge is 2.15. The van der Waals surface area contributed by atoms with Crippen LogP contribution in [-0.4, -0.2) is 4.98 Å². The normalized spacial score (nSPS) is 10.6. The Morgan fingerprint density at radius 2 is 1.29 bits per heavy atom. The van der Waals surface area contributed by atoms with Gasteiger partial charge in [0.2, 0.25) is 11.8 Å². The van der Waals surface area contributed by atoms with Gasteiger partial charge >= 0.3 is 0 Å². The van der Waals surface area contributed by atoms with Gasteiger partial charge in [0.1, 0.15) is 19.0 Å². The van der Waals surface area contributed by atoms with E-state index in [-0.39, 0.29) is 11.7 Å². The predicted molar refractivity (Wildman–Crippen MR) is 121 cm³/mol. The molecule has 1 aromatic heterocycles. The van der Waals surface area contributed by atoms with Crippen molar-refractivity contribution in [2.45, 2.75) is 19.1 Å². The van der Waals surface area contributed by atoms with Crippen molar-refractivity contribution in [2.75, 3.05) is 0 Å². The number of hydrogen-bond acceptors (Lipinski definition) is 3. The monoisotopic (exact) mass is 433 g/mol. The highest BCUT2D eigenvalue weighted by Crippen LogP contribution is 2.33. The van der Waals surface area contributed by atoms with Crippen LogP contribution in [0.25, 0.3) is 11.1 Å². The van der Waals surface area contributed by atoms with Crippen molar-refractivity contribution < 1.29 is 13.9 Å². The van der Waals surface area contributed by atoms with Crippen LogP contribution in [-0.2, 0) is 19.1 Å². The Kier molecular flexibility index (Phi) is 6.80. The first-order chi connectivity index (χ1) is 15.2. The summed E-state index contributed by atoms with van der Waals surface area (Å²) in [7, 11) is 0. The Balaban J connectivity index is 1.62. The van der Waals surface area contributed by atoms with Crippen LogP contribution in [0.1, 0.15) is 16.7 Å². The van der Waals surface area contributed by atoms with Crippen LogP contribution in [0.15, 0.2) is 91.0 Å². The molecule has 0 aliphatic carbocycles. The third-order valence-electron chi connectivity index (χ3n) is 4.76. The summed E-state index contributed by atoms with van der Waals surface area (Å²) in [6.07, 6.45) is 0. The third kappa shape index (κ3) is 5.41. The fourth-order valence-electron chi connectivity index (χ4n) is 3.14. The average Bonchev–Trinajstić information content (AvgIpc) is 2.83. The lowest BCUT2D eigenvalue weighted by atomic mass is 10.0. The maximum Gasteiger partial charge on any atom is 0.225 e. The molecule has 0 unspecified atom stereocenters. The van der Waals surface area contributed by atoms with E-state index in [0.717, 1.165) is 11.1 Å². The van der Waals surface area contributed by atoms with Crippen molar-refractivity contribution in [1.29, 1.82) is 0 Å². The molecular weight excluding hydrogens is 413 g/mol. The molecular formula is C26H21ClFNO2. The minimum Gasteiger partial charge on any atom is -0.473 e. The van der Waals surface area contributed by atoms with Crippen LogP contribution in [0.5, 0.6) is 11.8 Å². The van der Waals surface area contributed by atoms with Gasteiger partial charge in [-0.15, -0.1) is 11.6 Å². The highest BCUT2D eigenvalue weighted by molar-refractivity contribution is 6.17. The molecule has 0 radical (unpaired) electrons. The second-order valence-electron chi connectivity index (χ2n) is 7.00. The van der Waals surface area contributed by atoms with E-state index in [9.17, 15) is 4.39 Å². The van der Waals surface area contributed by atoms with Crippen molar-refractivity contribution in [2.24, 2.45) is 0 Å². The van der Waals surface area contributed by atoms with E-state index in [1.54, 1.807) is 24.3 Å². The molecule has 0 bridgehead atoms. The van der Waals surface area contributed by atoms with Gasteiger partial charge in [0.25, 0.3) is 0 Å². The molecule has 4 rings (SSSR count). The molecule has 0 fully saturated rings. The quantitative estimate of drug-likeness (QED) is 0.287. The van der Waals surface area contributed by atoms with Crippen LogP contribution in [0, 0.1) is 5.82 Å². The van der Waals surface area contributed by atoms with E-state index in [4.69, 9.17) is 21.1 Å². The van der Waals surface area contributed by atoms with E-state index < -0.39 is 0 Å². The fraction of sp³-hybridized carbons (Fsp3) is 0.115. The topological polar surface area (TPSA) is 31.4 Å². The zero-order valence-electron chi connectivity index (χ0n) is 16.8. The molecule has 3 nitrogen and oxygen atoms in total. The van der Waals surface area contributed by atoms with Crippen LogP contribution in [0.3, 0.4) is 0 Å². The van der Waals surface area contributed by atoms with E-state index in [1.165, 1.54) is 6.07 Å². The van der Waals surface area contributed by atoms with Crippen LogP contribution in [0.4, 0.5) is 4.39 Å². The molecule has 0 saturated heterocycles. The molecule has 31 heavy (non-hydrogen) atoms. The van der Waals surface area contributed by atoms with Gasteiger partial charge in [-0.25, -0.2) is 4.39 Å². The summed E-state index contributed by atoms with van der Waals surface area (Å²) in [5.74, 6) is 0.599. The summed E-state index contributed by atoms with van der Waals surface area (Å²) >= 11 is 5.83. The largest absolute Gasteiger partial charge is 0.473 e. The number of pyridine rings is 1. The third-order valence-corrected chi connectivity index (χ3v) is 5.07. The number of ether oxygens (including phenoxy) is 2. The van der Waals surface area contributed by atoms with Crippen molar-refractivity contribution in [3.8, 4) is 22.9 Å². The number of halogens is 2. The molecule has 1 heterocycles. The Hall–Kier alpha value is -3.37. The van der Waals surface area contributed by atoms with Crippen molar-refractivity contribution in [3.63, 3.8) is 0 Å². The zero-order chi connectivity index (χ0) is 21.5. The summed E-state index contributed by atoms with van der Waals surface area (Å²) in [6, 6.07) is 28.0. The summed E-state index contributed by atoms with van der Waals surface area (Å²) in [6.45, 7) is 0.689. The second-order valence-corrected chi connectivity index (χ2v) is 7.27. The number of aromatic nitrogens is 1. The first-order valence-electron chi connectivity index (χ1n) is 9.92. The lowest BCUT2D eigenvalue weighted by Gasteiger charge is -2.14. The van der Waals surface area contributed by atoms with Gasteiger partial charge in [0, 0.05) is 23.1 Å². The molecule has 0 aliphatic heterocycles. The van der Waals surface area contributed by atoms with Crippen LogP contribution < -0.4 is 9.47 Å². The highest BCUT2D eigenvalue weighted by atomic mass is 35.5. The van der Waals surface area contributed by atoms with Crippen molar-refractivity contribution in [1.82, 2.24) is 4.98 Å². The van der Waals surface area contributed by atoms with Gasteiger partial charge in [-0.1, -0.05) is 72.8 Å².